The Bertz CT molecular complexity index is 2060. The smallest absolute Gasteiger partial charge is 0.343 e. The van der Waals surface area contributed by atoms with Crippen LogP contribution in [0.25, 0.3) is 21.3 Å². The molecule has 0 aliphatic rings. The van der Waals surface area contributed by atoms with Crippen LogP contribution in [0.4, 0.5) is 5.13 Å². The van der Waals surface area contributed by atoms with Gasteiger partial charge in [0.1, 0.15) is 18.1 Å². The van der Waals surface area contributed by atoms with E-state index in [1.807, 2.05) is 30.3 Å². The number of nitrogens with zero attached hydrogens (tertiary/aromatic N) is 2. The molecule has 0 aliphatic heterocycles. The summed E-state index contributed by atoms with van der Waals surface area (Å²) in [5.41, 5.74) is 8.18. The summed E-state index contributed by atoms with van der Waals surface area (Å²) in [6.45, 7) is 9.68. The molecule has 0 aliphatic carbocycles. The molecule has 0 spiro atoms. The second-order valence-corrected chi connectivity index (χ2v) is 13.2. The molecule has 1 N–H and O–H groups in total. The van der Waals surface area contributed by atoms with E-state index in [2.05, 4.69) is 59.9 Å². The summed E-state index contributed by atoms with van der Waals surface area (Å²) in [5.74, 6) is -0.830. The molecule has 0 bridgehead atoms. The van der Waals surface area contributed by atoms with Crippen molar-refractivity contribution in [2.75, 3.05) is 31.9 Å². The third kappa shape index (κ3) is 12.5. The number of aromatic nitrogens is 1. The number of fused-ring (bicyclic) bond motifs is 1. The molecule has 5 aromatic rings. The number of hydrazone groups is 1. The number of thiazole rings is 1. The Hall–Kier alpha value is -6.11. The number of rotatable bonds is 21. The number of aryl methyl sites for hydroxylation is 1. The first-order chi connectivity index (χ1) is 26.8. The number of benzene rings is 4. The van der Waals surface area contributed by atoms with Crippen molar-refractivity contribution in [2.24, 2.45) is 5.10 Å². The average molecular weight is 762 g/mol. The summed E-state index contributed by atoms with van der Waals surface area (Å²) < 4.78 is 28.7. The van der Waals surface area contributed by atoms with Gasteiger partial charge in [-0.15, -0.1) is 0 Å². The molecular weight excluding hydrogens is 719 g/mol. The van der Waals surface area contributed by atoms with Gasteiger partial charge < -0.3 is 23.7 Å². The molecule has 1 unspecified atom stereocenters. The van der Waals surface area contributed by atoms with Gasteiger partial charge in [-0.25, -0.2) is 19.4 Å². The van der Waals surface area contributed by atoms with Crippen molar-refractivity contribution in [3.8, 4) is 22.6 Å². The Morgan fingerprint density at radius 3 is 2.36 bits per heavy atom. The SMILES string of the molecule is C=CC(=O)OCCCCOCC(COc1ccc(C(=O)Oc2ccc(-c3ccc(CCC)cc3)c(C=NNc3nc4ccccc4s3)c2)cc1)OC(=O)C=C. The number of nitrogens with one attached hydrogen (secondary N) is 1. The molecule has 284 valence electrons. The van der Waals surface area contributed by atoms with Crippen LogP contribution in [0.1, 0.15) is 47.7 Å². The quantitative estimate of drug-likeness (QED) is 0.0194. The lowest BCUT2D eigenvalue weighted by atomic mass is 9.98. The van der Waals surface area contributed by atoms with Crippen LogP contribution in [-0.4, -0.2) is 61.6 Å². The number of esters is 3. The number of para-hydroxylation sites is 1. The number of hydrogen-bond donors (Lipinski definition) is 1. The molecule has 1 heterocycles. The van der Waals surface area contributed by atoms with Crippen molar-refractivity contribution < 1.29 is 38.1 Å². The van der Waals surface area contributed by atoms with Crippen molar-refractivity contribution in [1.29, 1.82) is 0 Å². The lowest BCUT2D eigenvalue weighted by Crippen LogP contribution is -2.29. The third-order valence-corrected chi connectivity index (χ3v) is 9.01. The number of unbranched alkanes of at least 4 members (excludes halogenated alkanes) is 1. The molecule has 0 saturated carbocycles. The maximum Gasteiger partial charge on any atom is 0.343 e. The lowest BCUT2D eigenvalue weighted by Gasteiger charge is -2.18. The van der Waals surface area contributed by atoms with Crippen molar-refractivity contribution >= 4 is 50.8 Å². The number of ether oxygens (including phenoxy) is 5. The Labute approximate surface area is 324 Å². The fourth-order valence-corrected chi connectivity index (χ4v) is 6.13. The van der Waals surface area contributed by atoms with E-state index >= 15 is 0 Å². The van der Waals surface area contributed by atoms with Crippen LogP contribution in [-0.2, 0) is 30.2 Å². The van der Waals surface area contributed by atoms with Crippen LogP contribution < -0.4 is 14.9 Å². The standard InChI is InChI=1S/C43H43N3O8S/c1-4-11-30-14-16-31(17-15-30)37-23-22-35(26-33(37)27-44-46-43-45-38-12-7-8-13-39(38)55-43)54-42(49)32-18-20-34(21-19-32)52-29-36(53-41(48)6-3)28-50-24-9-10-25-51-40(47)5-2/h5-8,12-23,26-27,36H,2-4,9-11,24-25,28-29H2,1H3,(H,45,46). The van der Waals surface area contributed by atoms with E-state index in [4.69, 9.17) is 23.7 Å². The Morgan fingerprint density at radius 2 is 1.62 bits per heavy atom. The number of carbonyl (C=O) groups is 3. The summed E-state index contributed by atoms with van der Waals surface area (Å²) in [4.78, 5) is 40.8. The third-order valence-electron chi connectivity index (χ3n) is 8.07. The molecule has 1 aromatic heterocycles. The van der Waals surface area contributed by atoms with Gasteiger partial charge in [0.15, 0.2) is 6.10 Å². The van der Waals surface area contributed by atoms with E-state index in [0.717, 1.165) is 51.9 Å². The molecule has 0 amide bonds. The number of carbonyl (C=O) groups excluding carboxylic acids is 3. The predicted molar refractivity (Wildman–Crippen MR) is 215 cm³/mol. The zero-order chi connectivity index (χ0) is 38.8. The first-order valence-corrected chi connectivity index (χ1v) is 18.7. The Kier molecular flexibility index (Phi) is 15.3. The molecule has 1 atom stereocenters. The van der Waals surface area contributed by atoms with Crippen molar-refractivity contribution in [3.63, 3.8) is 0 Å². The highest BCUT2D eigenvalue weighted by Gasteiger charge is 2.16. The summed E-state index contributed by atoms with van der Waals surface area (Å²) in [5, 5.41) is 5.14. The predicted octanol–water partition coefficient (Wildman–Crippen LogP) is 8.58. The molecular formula is C43H43N3O8S. The van der Waals surface area contributed by atoms with E-state index in [-0.39, 0.29) is 19.8 Å². The lowest BCUT2D eigenvalue weighted by molar-refractivity contribution is -0.148. The van der Waals surface area contributed by atoms with Gasteiger partial charge in [-0.2, -0.15) is 5.10 Å². The van der Waals surface area contributed by atoms with Crippen molar-refractivity contribution in [2.45, 2.75) is 38.7 Å². The highest BCUT2D eigenvalue weighted by atomic mass is 32.1. The van der Waals surface area contributed by atoms with Crippen LogP contribution >= 0.6 is 11.3 Å². The van der Waals surface area contributed by atoms with Gasteiger partial charge in [0.2, 0.25) is 5.13 Å². The normalized spacial score (nSPS) is 11.5. The van der Waals surface area contributed by atoms with E-state index in [0.29, 0.717) is 41.6 Å². The largest absolute Gasteiger partial charge is 0.490 e. The molecule has 12 heteroatoms. The molecule has 5 rings (SSSR count). The van der Waals surface area contributed by atoms with Crippen molar-refractivity contribution in [1.82, 2.24) is 4.98 Å². The van der Waals surface area contributed by atoms with Gasteiger partial charge in [0.05, 0.1) is 35.2 Å². The maximum absolute atomic E-state index is 13.2. The first-order valence-electron chi connectivity index (χ1n) is 17.9. The molecule has 0 fully saturated rings. The highest BCUT2D eigenvalue weighted by molar-refractivity contribution is 7.22. The van der Waals surface area contributed by atoms with E-state index in [1.54, 1.807) is 42.6 Å². The molecule has 0 saturated heterocycles. The van der Waals surface area contributed by atoms with Gasteiger partial charge in [0.25, 0.3) is 0 Å². The zero-order valence-corrected chi connectivity index (χ0v) is 31.4. The van der Waals surface area contributed by atoms with Gasteiger partial charge in [-0.05, 0) is 84.5 Å². The van der Waals surface area contributed by atoms with E-state index < -0.39 is 24.0 Å². The van der Waals surface area contributed by atoms with Gasteiger partial charge in [0, 0.05) is 24.3 Å². The second kappa shape index (κ2) is 21.0. The average Bonchev–Trinajstić information content (AvgIpc) is 3.63. The summed E-state index contributed by atoms with van der Waals surface area (Å²) >= 11 is 1.51. The Morgan fingerprint density at radius 1 is 0.873 bits per heavy atom. The summed E-state index contributed by atoms with van der Waals surface area (Å²) in [6.07, 6.45) is 6.48. The minimum absolute atomic E-state index is 0.00611. The minimum Gasteiger partial charge on any atom is -0.490 e. The van der Waals surface area contributed by atoms with E-state index in [9.17, 15) is 14.4 Å². The van der Waals surface area contributed by atoms with Gasteiger partial charge in [-0.1, -0.05) is 80.3 Å². The van der Waals surface area contributed by atoms with Gasteiger partial charge >= 0.3 is 17.9 Å². The molecule has 0 radical (unpaired) electrons. The molecule has 4 aromatic carbocycles. The fourth-order valence-electron chi connectivity index (χ4n) is 5.31. The van der Waals surface area contributed by atoms with Crippen molar-refractivity contribution in [3.05, 3.63) is 133 Å². The Balaban J connectivity index is 1.20. The van der Waals surface area contributed by atoms with Crippen LogP contribution in [0.15, 0.2) is 121 Å². The van der Waals surface area contributed by atoms with Crippen LogP contribution in [0, 0.1) is 0 Å². The minimum atomic E-state index is -0.708. The van der Waals surface area contributed by atoms with Crippen LogP contribution in [0.5, 0.6) is 11.5 Å². The van der Waals surface area contributed by atoms with Gasteiger partial charge in [-0.3, -0.25) is 5.43 Å². The number of hydrogen-bond acceptors (Lipinski definition) is 12. The fraction of sp³-hybridized carbons (Fsp3) is 0.233. The topological polar surface area (TPSA) is 135 Å². The maximum atomic E-state index is 13.2. The zero-order valence-electron chi connectivity index (χ0n) is 30.6. The highest BCUT2D eigenvalue weighted by Crippen LogP contribution is 2.29. The summed E-state index contributed by atoms with van der Waals surface area (Å²) in [6, 6.07) is 28.2. The van der Waals surface area contributed by atoms with Crippen LogP contribution in [0.2, 0.25) is 0 Å². The van der Waals surface area contributed by atoms with E-state index in [1.165, 1.54) is 16.9 Å². The second-order valence-electron chi connectivity index (χ2n) is 12.2. The molecule has 11 nitrogen and oxygen atoms in total. The monoisotopic (exact) mass is 761 g/mol. The first kappa shape index (κ1) is 40.1. The summed E-state index contributed by atoms with van der Waals surface area (Å²) in [7, 11) is 0. The molecule has 55 heavy (non-hydrogen) atoms. The number of anilines is 1. The van der Waals surface area contributed by atoms with Crippen LogP contribution in [0.3, 0.4) is 0 Å².